The topological polar surface area (TPSA) is 77.7 Å². The second-order valence-corrected chi connectivity index (χ2v) is 8.54. The molecule has 0 saturated heterocycles. The summed E-state index contributed by atoms with van der Waals surface area (Å²) in [6.45, 7) is 10.3. The number of hydrogen-bond acceptors (Lipinski definition) is 4. The van der Waals surface area contributed by atoms with E-state index in [9.17, 15) is 9.59 Å². The van der Waals surface area contributed by atoms with Gasteiger partial charge >= 0.3 is 6.03 Å². The van der Waals surface area contributed by atoms with Gasteiger partial charge in [0.05, 0.1) is 13.2 Å². The molecule has 2 N–H and O–H groups in total. The van der Waals surface area contributed by atoms with E-state index in [4.69, 9.17) is 4.74 Å². The molecule has 7 heteroatoms. The Morgan fingerprint density at radius 2 is 1.84 bits per heavy atom. The summed E-state index contributed by atoms with van der Waals surface area (Å²) in [5, 5.41) is 4.12. The summed E-state index contributed by atoms with van der Waals surface area (Å²) < 4.78 is 5.61. The first kappa shape index (κ1) is 24.1. The van der Waals surface area contributed by atoms with E-state index >= 15 is 0 Å². The van der Waals surface area contributed by atoms with Gasteiger partial charge in [-0.1, -0.05) is 33.1 Å². The predicted octanol–water partition coefficient (Wildman–Crippen LogP) is 4.11. The van der Waals surface area contributed by atoms with Gasteiger partial charge in [0, 0.05) is 35.6 Å². The van der Waals surface area contributed by atoms with Crippen LogP contribution in [0.3, 0.4) is 0 Å². The highest BCUT2D eigenvalue weighted by Crippen LogP contribution is 2.20. The lowest BCUT2D eigenvalue weighted by Gasteiger charge is -2.30. The van der Waals surface area contributed by atoms with Crippen molar-refractivity contribution in [2.45, 2.75) is 65.5 Å². The Morgan fingerprint density at radius 3 is 2.53 bits per heavy atom. The molecule has 2 amide bonds. The summed E-state index contributed by atoms with van der Waals surface area (Å²) in [6, 6.07) is 7.69. The normalized spacial score (nSPS) is 14.6. The zero-order chi connectivity index (χ0) is 22.9. The number of ether oxygens (including phenoxy) is 1. The van der Waals surface area contributed by atoms with E-state index in [1.54, 1.807) is 4.90 Å². The van der Waals surface area contributed by atoms with Gasteiger partial charge in [0.2, 0.25) is 0 Å². The van der Waals surface area contributed by atoms with Crippen molar-refractivity contribution in [3.05, 3.63) is 40.2 Å². The maximum atomic E-state index is 13.2. The first-order valence-electron chi connectivity index (χ1n) is 12.1. The van der Waals surface area contributed by atoms with Crippen LogP contribution in [0.4, 0.5) is 4.79 Å². The summed E-state index contributed by atoms with van der Waals surface area (Å²) in [5.74, 6) is 0.770. The SMILES string of the molecule is CCOc1ccc2[nH]c(=O)c(CN(CCN(CC)CC)C(=O)NC3CCCCC3)cc2c1. The maximum Gasteiger partial charge on any atom is 0.317 e. The third kappa shape index (κ3) is 6.48. The fourth-order valence-corrected chi connectivity index (χ4v) is 4.38. The minimum absolute atomic E-state index is 0.0772. The summed E-state index contributed by atoms with van der Waals surface area (Å²) in [4.78, 5) is 33.0. The highest BCUT2D eigenvalue weighted by atomic mass is 16.5. The van der Waals surface area contributed by atoms with Crippen molar-refractivity contribution >= 4 is 16.9 Å². The van der Waals surface area contributed by atoms with Crippen LogP contribution in [-0.4, -0.2) is 59.6 Å². The standard InChI is InChI=1S/C25H38N4O3/c1-4-28(5-2)14-15-29(25(31)26-21-10-8-7-9-11-21)18-20-16-19-17-22(32-6-3)12-13-23(19)27-24(20)30/h12-13,16-17,21H,4-11,14-15,18H2,1-3H3,(H,26,31)(H,27,30). The number of carbonyl (C=O) groups excluding carboxylic acids is 1. The number of carbonyl (C=O) groups is 1. The van der Waals surface area contributed by atoms with Gasteiger partial charge in [-0.2, -0.15) is 0 Å². The van der Waals surface area contributed by atoms with Crippen LogP contribution in [0.2, 0.25) is 0 Å². The largest absolute Gasteiger partial charge is 0.494 e. The molecule has 1 heterocycles. The van der Waals surface area contributed by atoms with E-state index in [0.29, 0.717) is 18.7 Å². The first-order valence-corrected chi connectivity index (χ1v) is 12.1. The fraction of sp³-hybridized carbons (Fsp3) is 0.600. The van der Waals surface area contributed by atoms with E-state index in [-0.39, 0.29) is 24.2 Å². The lowest BCUT2D eigenvalue weighted by Crippen LogP contribution is -2.48. The van der Waals surface area contributed by atoms with Crippen molar-refractivity contribution in [3.63, 3.8) is 0 Å². The average molecular weight is 443 g/mol. The predicted molar refractivity (Wildman–Crippen MR) is 129 cm³/mol. The van der Waals surface area contributed by atoms with E-state index in [2.05, 4.69) is 29.0 Å². The first-order chi connectivity index (χ1) is 15.5. The Kier molecular flexibility index (Phi) is 8.97. The Balaban J connectivity index is 1.81. The minimum atomic E-state index is -0.153. The zero-order valence-electron chi connectivity index (χ0n) is 19.8. The van der Waals surface area contributed by atoms with Crippen LogP contribution in [0.25, 0.3) is 10.9 Å². The number of nitrogens with one attached hydrogen (secondary N) is 2. The van der Waals surface area contributed by atoms with Crippen LogP contribution in [-0.2, 0) is 6.54 Å². The summed E-state index contributed by atoms with van der Waals surface area (Å²) in [5.41, 5.74) is 1.20. The van der Waals surface area contributed by atoms with Gasteiger partial charge < -0.3 is 24.8 Å². The number of rotatable bonds is 10. The number of amides is 2. The van der Waals surface area contributed by atoms with Gasteiger partial charge in [-0.05, 0) is 57.1 Å². The molecule has 1 aromatic carbocycles. The molecule has 0 atom stereocenters. The molecule has 2 aromatic rings. The van der Waals surface area contributed by atoms with Gasteiger partial charge in [-0.15, -0.1) is 0 Å². The molecule has 32 heavy (non-hydrogen) atoms. The molecule has 176 valence electrons. The molecule has 0 radical (unpaired) electrons. The number of urea groups is 1. The van der Waals surface area contributed by atoms with Gasteiger partial charge in [0.1, 0.15) is 5.75 Å². The van der Waals surface area contributed by atoms with Crippen LogP contribution in [0.15, 0.2) is 29.1 Å². The van der Waals surface area contributed by atoms with Crippen molar-refractivity contribution in [1.82, 2.24) is 20.1 Å². The number of aromatic nitrogens is 1. The molecule has 0 unspecified atom stereocenters. The number of fused-ring (bicyclic) bond motifs is 1. The quantitative estimate of drug-likeness (QED) is 0.580. The average Bonchev–Trinajstić information content (AvgIpc) is 2.80. The molecule has 1 aliphatic rings. The summed E-state index contributed by atoms with van der Waals surface area (Å²) in [7, 11) is 0. The van der Waals surface area contributed by atoms with E-state index in [1.807, 2.05) is 31.2 Å². The van der Waals surface area contributed by atoms with Crippen LogP contribution < -0.4 is 15.6 Å². The van der Waals surface area contributed by atoms with Gasteiger partial charge in [0.25, 0.3) is 5.56 Å². The molecular weight excluding hydrogens is 404 g/mol. The number of likely N-dealkylation sites (N-methyl/N-ethyl adjacent to an activating group) is 1. The third-order valence-corrected chi connectivity index (χ3v) is 6.37. The second-order valence-electron chi connectivity index (χ2n) is 8.54. The molecule has 1 aliphatic carbocycles. The highest BCUT2D eigenvalue weighted by Gasteiger charge is 2.21. The number of aromatic amines is 1. The van der Waals surface area contributed by atoms with E-state index in [0.717, 1.165) is 62.0 Å². The number of H-pyrrole nitrogens is 1. The van der Waals surface area contributed by atoms with Gasteiger partial charge in [0.15, 0.2) is 0 Å². The van der Waals surface area contributed by atoms with Crippen LogP contribution in [0.5, 0.6) is 5.75 Å². The smallest absolute Gasteiger partial charge is 0.317 e. The van der Waals surface area contributed by atoms with Gasteiger partial charge in [-0.3, -0.25) is 4.79 Å². The van der Waals surface area contributed by atoms with Crippen molar-refractivity contribution in [1.29, 1.82) is 0 Å². The minimum Gasteiger partial charge on any atom is -0.494 e. The van der Waals surface area contributed by atoms with Crippen LogP contribution in [0, 0.1) is 0 Å². The van der Waals surface area contributed by atoms with Crippen molar-refractivity contribution in [3.8, 4) is 5.75 Å². The Morgan fingerprint density at radius 1 is 1.09 bits per heavy atom. The molecule has 7 nitrogen and oxygen atoms in total. The van der Waals surface area contributed by atoms with Crippen LogP contribution >= 0.6 is 0 Å². The molecule has 1 aromatic heterocycles. The second kappa shape index (κ2) is 11.9. The molecule has 1 fully saturated rings. The molecular formula is C25H38N4O3. The van der Waals surface area contributed by atoms with E-state index < -0.39 is 0 Å². The number of nitrogens with zero attached hydrogens (tertiary/aromatic N) is 2. The Hall–Kier alpha value is -2.54. The third-order valence-electron chi connectivity index (χ3n) is 6.37. The maximum absolute atomic E-state index is 13.2. The summed E-state index contributed by atoms with van der Waals surface area (Å²) in [6.07, 6.45) is 5.64. The zero-order valence-corrected chi connectivity index (χ0v) is 19.8. The monoisotopic (exact) mass is 442 g/mol. The lowest BCUT2D eigenvalue weighted by molar-refractivity contribution is 0.175. The Bertz CT molecular complexity index is 932. The molecule has 3 rings (SSSR count). The van der Waals surface area contributed by atoms with Crippen LogP contribution in [0.1, 0.15) is 58.4 Å². The lowest BCUT2D eigenvalue weighted by atomic mass is 9.96. The molecule has 0 aliphatic heterocycles. The van der Waals surface area contributed by atoms with Crippen molar-refractivity contribution < 1.29 is 9.53 Å². The van der Waals surface area contributed by atoms with Gasteiger partial charge in [-0.25, -0.2) is 4.79 Å². The highest BCUT2D eigenvalue weighted by molar-refractivity contribution is 5.81. The van der Waals surface area contributed by atoms with Crippen molar-refractivity contribution in [2.75, 3.05) is 32.8 Å². The van der Waals surface area contributed by atoms with Crippen molar-refractivity contribution in [2.24, 2.45) is 0 Å². The fourth-order valence-electron chi connectivity index (χ4n) is 4.38. The summed E-state index contributed by atoms with van der Waals surface area (Å²) >= 11 is 0. The molecule has 1 saturated carbocycles. The number of pyridine rings is 1. The Labute approximate surface area is 191 Å². The number of hydrogen-bond donors (Lipinski definition) is 2. The molecule has 0 spiro atoms. The molecule has 0 bridgehead atoms. The van der Waals surface area contributed by atoms with E-state index in [1.165, 1.54) is 6.42 Å². The number of benzene rings is 1.